The zero-order valence-corrected chi connectivity index (χ0v) is 27.4. The maximum absolute atomic E-state index is 14.9. The molecule has 8 rings (SSSR count). The first-order valence-electron chi connectivity index (χ1n) is 16.9. The van der Waals surface area contributed by atoms with Crippen LogP contribution in [0.25, 0.3) is 22.2 Å². The van der Waals surface area contributed by atoms with Crippen LogP contribution in [0.4, 0.5) is 0 Å². The van der Waals surface area contributed by atoms with E-state index in [0.717, 1.165) is 56.1 Å². The van der Waals surface area contributed by atoms with Gasteiger partial charge in [0, 0.05) is 59.7 Å². The normalized spacial score (nSPS) is 28.0. The Morgan fingerprint density at radius 2 is 1.67 bits per heavy atom. The van der Waals surface area contributed by atoms with Gasteiger partial charge in [-0.05, 0) is 82.2 Å². The summed E-state index contributed by atoms with van der Waals surface area (Å²) < 4.78 is 29.9. The number of likely N-dealkylation sites (tertiary alicyclic amines) is 1. The van der Waals surface area contributed by atoms with Crippen molar-refractivity contribution in [2.45, 2.75) is 101 Å². The number of rotatable bonds is 5. The lowest BCUT2D eigenvalue weighted by Gasteiger charge is -2.41. The van der Waals surface area contributed by atoms with E-state index in [2.05, 4.69) is 50.4 Å². The highest BCUT2D eigenvalue weighted by molar-refractivity contribution is 7.90. The summed E-state index contributed by atoms with van der Waals surface area (Å²) >= 11 is 0. The van der Waals surface area contributed by atoms with E-state index in [-0.39, 0.29) is 18.0 Å². The molecule has 2 bridgehead atoms. The summed E-state index contributed by atoms with van der Waals surface area (Å²) in [4.78, 5) is 32.8. The number of carbonyl (C=O) groups excluding carboxylic acids is 2. The number of nitrogens with one attached hydrogen (secondary N) is 1. The summed E-state index contributed by atoms with van der Waals surface area (Å²) in [6.07, 6.45) is 8.87. The van der Waals surface area contributed by atoms with E-state index in [0.29, 0.717) is 23.9 Å². The Bertz CT molecular complexity index is 1810. The van der Waals surface area contributed by atoms with E-state index in [4.69, 9.17) is 0 Å². The number of likely N-dealkylation sites (N-methyl/N-ethyl adjacent to an activating group) is 1. The summed E-state index contributed by atoms with van der Waals surface area (Å²) in [5, 5.41) is 0.406. The molecule has 0 radical (unpaired) electrons. The number of aromatic nitrogens is 1. The molecule has 1 aromatic heterocycles. The maximum atomic E-state index is 14.9. The van der Waals surface area contributed by atoms with Gasteiger partial charge in [-0.3, -0.25) is 9.59 Å². The predicted octanol–water partition coefficient (Wildman–Crippen LogP) is 5.62. The van der Waals surface area contributed by atoms with Crippen LogP contribution in [0.1, 0.15) is 98.5 Å². The standard InChI is InChI=1S/C36H44N4O4S/c1-22(2)45(43,44)37-34(41)24-13-16-29-31(17-24)39-21-36(35(42)40-25-14-15-26(40)20-38(3)19-25)18-30(36)27-11-7-8-12-28(27)33(39)32(29)23-9-5-4-6-10-23/h7-8,11-13,16-17,22-23,25-26,30H,4-6,9-10,14-15,18-21H2,1-3H3,(H,37,41)/t25?,26?,30-,36-/m1/s1. The van der Waals surface area contributed by atoms with Crippen LogP contribution in [0.2, 0.25) is 0 Å². The third kappa shape index (κ3) is 4.51. The SMILES string of the molecule is CC(C)S(=O)(=O)NC(=O)c1ccc2c(C3CCCCC3)c3n(c2c1)C[C@]1(C(=O)N2C4CCC2CN(C)C4)C[C@@H]1c1ccccc1-3. The fourth-order valence-corrected chi connectivity index (χ4v) is 9.89. The highest BCUT2D eigenvalue weighted by Crippen LogP contribution is 2.66. The van der Waals surface area contributed by atoms with Crippen LogP contribution < -0.4 is 4.72 Å². The van der Waals surface area contributed by atoms with Crippen molar-refractivity contribution in [1.29, 1.82) is 0 Å². The fraction of sp³-hybridized carbons (Fsp3) is 0.556. The van der Waals surface area contributed by atoms with Crippen molar-refractivity contribution in [3.63, 3.8) is 0 Å². The molecule has 8 nitrogen and oxygen atoms in total. The summed E-state index contributed by atoms with van der Waals surface area (Å²) in [6.45, 7) is 5.57. The summed E-state index contributed by atoms with van der Waals surface area (Å²) in [7, 11) is -1.61. The van der Waals surface area contributed by atoms with Crippen LogP contribution in [0, 0.1) is 5.41 Å². The first-order valence-corrected chi connectivity index (χ1v) is 18.5. The molecular weight excluding hydrogens is 584 g/mol. The molecule has 45 heavy (non-hydrogen) atoms. The molecule has 4 fully saturated rings. The lowest BCUT2D eigenvalue weighted by atomic mass is 9.81. The number of sulfonamides is 1. The van der Waals surface area contributed by atoms with Crippen LogP contribution in [0.15, 0.2) is 42.5 Å². The topological polar surface area (TPSA) is 91.7 Å². The molecule has 2 unspecified atom stereocenters. The van der Waals surface area contributed by atoms with E-state index >= 15 is 0 Å². The van der Waals surface area contributed by atoms with Gasteiger partial charge in [-0.1, -0.05) is 49.6 Å². The summed E-state index contributed by atoms with van der Waals surface area (Å²) in [5.74, 6) is 0.255. The predicted molar refractivity (Wildman–Crippen MR) is 176 cm³/mol. The highest BCUT2D eigenvalue weighted by atomic mass is 32.2. The van der Waals surface area contributed by atoms with Gasteiger partial charge in [-0.15, -0.1) is 0 Å². The number of amides is 2. The Morgan fingerprint density at radius 3 is 2.38 bits per heavy atom. The number of hydrogen-bond acceptors (Lipinski definition) is 5. The van der Waals surface area contributed by atoms with Crippen molar-refractivity contribution in [2.75, 3.05) is 20.1 Å². The third-order valence-corrected chi connectivity index (χ3v) is 13.4. The minimum atomic E-state index is -3.78. The Morgan fingerprint density at radius 1 is 0.956 bits per heavy atom. The fourth-order valence-electron chi connectivity index (χ4n) is 9.28. The van der Waals surface area contributed by atoms with Gasteiger partial charge in [0.05, 0.1) is 16.4 Å². The quantitative estimate of drug-likeness (QED) is 0.396. The maximum Gasteiger partial charge on any atom is 0.264 e. The van der Waals surface area contributed by atoms with Gasteiger partial charge in [0.1, 0.15) is 0 Å². The lowest BCUT2D eigenvalue weighted by molar-refractivity contribution is -0.143. The van der Waals surface area contributed by atoms with Crippen molar-refractivity contribution in [1.82, 2.24) is 19.1 Å². The molecule has 238 valence electrons. The Kier molecular flexibility index (Phi) is 6.77. The van der Waals surface area contributed by atoms with Crippen LogP contribution in [-0.2, 0) is 21.4 Å². The van der Waals surface area contributed by atoms with Gasteiger partial charge in [-0.25, -0.2) is 13.1 Å². The number of piperazine rings is 1. The minimum Gasteiger partial charge on any atom is -0.339 e. The molecule has 2 saturated heterocycles. The van der Waals surface area contributed by atoms with Crippen LogP contribution in [-0.4, -0.2) is 72.1 Å². The largest absolute Gasteiger partial charge is 0.339 e. The highest BCUT2D eigenvalue weighted by Gasteiger charge is 2.65. The number of fused-ring (bicyclic) bond motifs is 9. The zero-order valence-electron chi connectivity index (χ0n) is 26.6. The van der Waals surface area contributed by atoms with E-state index < -0.39 is 26.6 Å². The second-order valence-electron chi connectivity index (χ2n) is 14.8. The zero-order chi connectivity index (χ0) is 31.2. The molecule has 1 N–H and O–H groups in total. The van der Waals surface area contributed by atoms with Gasteiger partial charge in [0.2, 0.25) is 15.9 Å². The van der Waals surface area contributed by atoms with Gasteiger partial charge in [0.15, 0.2) is 0 Å². The van der Waals surface area contributed by atoms with Crippen molar-refractivity contribution in [3.8, 4) is 11.3 Å². The molecule has 4 heterocycles. The molecule has 0 spiro atoms. The van der Waals surface area contributed by atoms with Gasteiger partial charge < -0.3 is 14.4 Å². The Labute approximate surface area is 266 Å². The van der Waals surface area contributed by atoms with E-state index in [9.17, 15) is 18.0 Å². The molecule has 4 atom stereocenters. The second kappa shape index (κ2) is 10.4. The summed E-state index contributed by atoms with van der Waals surface area (Å²) in [5.41, 5.74) is 5.74. The molecule has 9 heteroatoms. The first kappa shape index (κ1) is 29.2. The molecule has 3 aliphatic heterocycles. The van der Waals surface area contributed by atoms with Gasteiger partial charge in [-0.2, -0.15) is 0 Å². The molecule has 5 aliphatic rings. The number of nitrogens with zero attached hydrogens (tertiary/aromatic N) is 3. The molecule has 3 aromatic rings. The second-order valence-corrected chi connectivity index (χ2v) is 17.0. The van der Waals surface area contributed by atoms with E-state index in [1.54, 1.807) is 19.9 Å². The molecule has 2 amide bonds. The van der Waals surface area contributed by atoms with Crippen molar-refractivity contribution < 1.29 is 18.0 Å². The van der Waals surface area contributed by atoms with Crippen molar-refractivity contribution >= 4 is 32.7 Å². The molecule has 2 aliphatic carbocycles. The van der Waals surface area contributed by atoms with E-state index in [1.165, 1.54) is 41.6 Å². The van der Waals surface area contributed by atoms with Crippen LogP contribution in [0.5, 0.6) is 0 Å². The summed E-state index contributed by atoms with van der Waals surface area (Å²) in [6, 6.07) is 14.9. The average molecular weight is 629 g/mol. The van der Waals surface area contributed by atoms with E-state index in [1.807, 2.05) is 12.1 Å². The average Bonchev–Trinajstić information content (AvgIpc) is 3.61. The number of benzene rings is 2. The monoisotopic (exact) mass is 628 g/mol. The van der Waals surface area contributed by atoms with Crippen LogP contribution >= 0.6 is 0 Å². The van der Waals surface area contributed by atoms with Gasteiger partial charge in [0.25, 0.3) is 5.91 Å². The van der Waals surface area contributed by atoms with Gasteiger partial charge >= 0.3 is 0 Å². The number of carbonyl (C=O) groups is 2. The Balaban J connectivity index is 1.30. The molecular formula is C36H44N4O4S. The van der Waals surface area contributed by atoms with Crippen LogP contribution in [0.3, 0.4) is 0 Å². The molecule has 2 aromatic carbocycles. The third-order valence-electron chi connectivity index (χ3n) is 11.7. The lowest BCUT2D eigenvalue weighted by Crippen LogP contribution is -2.57. The van der Waals surface area contributed by atoms with Crippen molar-refractivity contribution in [3.05, 3.63) is 59.2 Å². The number of hydrogen-bond donors (Lipinski definition) is 1. The smallest absolute Gasteiger partial charge is 0.264 e. The Hall–Kier alpha value is -3.17. The van der Waals surface area contributed by atoms with Crippen molar-refractivity contribution in [2.24, 2.45) is 5.41 Å². The first-order chi connectivity index (χ1) is 21.6. The molecule has 2 saturated carbocycles. The minimum absolute atomic E-state index is 0.164.